The lowest BCUT2D eigenvalue weighted by Gasteiger charge is -2.10. The Morgan fingerprint density at radius 2 is 2.05 bits per heavy atom. The standard InChI is InChI=1S/C16H20N2O4/c1-10(2)9-21-16(20)15-8-14(18-22-15)12-4-6-13(7-5-12)17-11(3)19/h4-7,10,15H,8-9H2,1-3H3,(H,17,19). The van der Waals surface area contributed by atoms with Crippen molar-refractivity contribution in [2.45, 2.75) is 33.3 Å². The van der Waals surface area contributed by atoms with Gasteiger partial charge in [-0.3, -0.25) is 4.79 Å². The summed E-state index contributed by atoms with van der Waals surface area (Å²) in [5.74, 6) is -0.225. The first kappa shape index (κ1) is 16.0. The van der Waals surface area contributed by atoms with Crippen molar-refractivity contribution in [3.8, 4) is 0 Å². The highest BCUT2D eigenvalue weighted by Crippen LogP contribution is 2.19. The van der Waals surface area contributed by atoms with Crippen molar-refractivity contribution in [2.75, 3.05) is 11.9 Å². The zero-order valence-electron chi connectivity index (χ0n) is 13.0. The molecule has 0 aromatic heterocycles. The van der Waals surface area contributed by atoms with Crippen LogP contribution < -0.4 is 5.32 Å². The number of hydrogen-bond acceptors (Lipinski definition) is 5. The normalized spacial score (nSPS) is 16.9. The summed E-state index contributed by atoms with van der Waals surface area (Å²) in [5, 5.41) is 6.65. The number of nitrogens with zero attached hydrogens (tertiary/aromatic N) is 1. The van der Waals surface area contributed by atoms with Gasteiger partial charge in [-0.25, -0.2) is 4.79 Å². The van der Waals surface area contributed by atoms with Crippen molar-refractivity contribution in [3.63, 3.8) is 0 Å². The van der Waals surface area contributed by atoms with E-state index in [0.29, 0.717) is 24.4 Å². The van der Waals surface area contributed by atoms with E-state index in [0.717, 1.165) is 5.56 Å². The predicted molar refractivity (Wildman–Crippen MR) is 82.6 cm³/mol. The van der Waals surface area contributed by atoms with Crippen molar-refractivity contribution in [2.24, 2.45) is 11.1 Å². The van der Waals surface area contributed by atoms with Crippen LogP contribution in [0.25, 0.3) is 0 Å². The Labute approximate surface area is 129 Å². The number of hydrogen-bond donors (Lipinski definition) is 1. The number of anilines is 1. The zero-order chi connectivity index (χ0) is 16.1. The van der Waals surface area contributed by atoms with Crippen LogP contribution in [0.3, 0.4) is 0 Å². The largest absolute Gasteiger partial charge is 0.463 e. The Bertz CT molecular complexity index is 578. The summed E-state index contributed by atoms with van der Waals surface area (Å²) >= 11 is 0. The van der Waals surface area contributed by atoms with Crippen LogP contribution in [0.5, 0.6) is 0 Å². The van der Waals surface area contributed by atoms with E-state index >= 15 is 0 Å². The van der Waals surface area contributed by atoms with Gasteiger partial charge in [-0.05, 0) is 23.6 Å². The minimum absolute atomic E-state index is 0.123. The molecule has 0 saturated heterocycles. The number of benzene rings is 1. The van der Waals surface area contributed by atoms with Gasteiger partial charge >= 0.3 is 5.97 Å². The van der Waals surface area contributed by atoms with Gasteiger partial charge in [0.15, 0.2) is 0 Å². The molecule has 1 N–H and O–H groups in total. The SMILES string of the molecule is CC(=O)Nc1ccc(C2=NOC(C(=O)OCC(C)C)C2)cc1. The quantitative estimate of drug-likeness (QED) is 0.847. The summed E-state index contributed by atoms with van der Waals surface area (Å²) < 4.78 is 5.15. The van der Waals surface area contributed by atoms with E-state index < -0.39 is 6.10 Å². The van der Waals surface area contributed by atoms with Gasteiger partial charge in [-0.2, -0.15) is 0 Å². The van der Waals surface area contributed by atoms with E-state index in [-0.39, 0.29) is 17.8 Å². The van der Waals surface area contributed by atoms with Gasteiger partial charge in [0.25, 0.3) is 0 Å². The maximum Gasteiger partial charge on any atom is 0.350 e. The molecule has 2 rings (SSSR count). The first-order chi connectivity index (χ1) is 10.5. The van der Waals surface area contributed by atoms with Crippen LogP contribution in [0.2, 0.25) is 0 Å². The highest BCUT2D eigenvalue weighted by atomic mass is 16.7. The van der Waals surface area contributed by atoms with Crippen LogP contribution in [0.1, 0.15) is 32.8 Å². The first-order valence-electron chi connectivity index (χ1n) is 7.23. The number of amides is 1. The second kappa shape index (κ2) is 7.06. The molecule has 1 aliphatic heterocycles. The van der Waals surface area contributed by atoms with Gasteiger partial charge < -0.3 is 14.9 Å². The molecule has 0 bridgehead atoms. The minimum Gasteiger partial charge on any atom is -0.463 e. The molecule has 6 nitrogen and oxygen atoms in total. The van der Waals surface area contributed by atoms with Crippen LogP contribution in [-0.4, -0.2) is 30.3 Å². The summed E-state index contributed by atoms with van der Waals surface area (Å²) in [6.07, 6.45) is -0.292. The molecule has 1 amide bonds. The molecule has 0 saturated carbocycles. The van der Waals surface area contributed by atoms with Crippen molar-refractivity contribution in [3.05, 3.63) is 29.8 Å². The molecule has 0 radical (unpaired) electrons. The van der Waals surface area contributed by atoms with Crippen molar-refractivity contribution in [1.29, 1.82) is 0 Å². The number of carbonyl (C=O) groups is 2. The third-order valence-corrected chi connectivity index (χ3v) is 3.03. The van der Waals surface area contributed by atoms with E-state index in [1.807, 2.05) is 26.0 Å². The summed E-state index contributed by atoms with van der Waals surface area (Å²) in [4.78, 5) is 28.0. The number of carbonyl (C=O) groups excluding carboxylic acids is 2. The second-order valence-electron chi connectivity index (χ2n) is 5.62. The fraction of sp³-hybridized carbons (Fsp3) is 0.438. The fourth-order valence-corrected chi connectivity index (χ4v) is 1.97. The van der Waals surface area contributed by atoms with E-state index in [1.54, 1.807) is 12.1 Å². The topological polar surface area (TPSA) is 77.0 Å². The molecular weight excluding hydrogens is 284 g/mol. The third kappa shape index (κ3) is 4.31. The lowest BCUT2D eigenvalue weighted by molar-refractivity contribution is -0.156. The van der Waals surface area contributed by atoms with E-state index in [2.05, 4.69) is 10.5 Å². The average molecular weight is 304 g/mol. The van der Waals surface area contributed by atoms with Crippen LogP contribution in [-0.2, 0) is 19.2 Å². The summed E-state index contributed by atoms with van der Waals surface area (Å²) in [5.41, 5.74) is 2.26. The van der Waals surface area contributed by atoms with Gasteiger partial charge in [0, 0.05) is 19.0 Å². The van der Waals surface area contributed by atoms with Crippen molar-refractivity contribution < 1.29 is 19.2 Å². The minimum atomic E-state index is -0.677. The van der Waals surface area contributed by atoms with Gasteiger partial charge in [0.1, 0.15) is 0 Å². The molecule has 118 valence electrons. The second-order valence-corrected chi connectivity index (χ2v) is 5.62. The van der Waals surface area contributed by atoms with Crippen LogP contribution in [0.15, 0.2) is 29.4 Å². The van der Waals surface area contributed by atoms with Crippen LogP contribution >= 0.6 is 0 Å². The molecule has 0 spiro atoms. The lowest BCUT2D eigenvalue weighted by atomic mass is 10.0. The van der Waals surface area contributed by atoms with Crippen LogP contribution in [0.4, 0.5) is 5.69 Å². The number of nitrogens with one attached hydrogen (secondary N) is 1. The Morgan fingerprint density at radius 1 is 1.36 bits per heavy atom. The Kier molecular flexibility index (Phi) is 5.14. The number of ether oxygens (including phenoxy) is 1. The van der Waals surface area contributed by atoms with Gasteiger partial charge in [-0.1, -0.05) is 31.1 Å². The van der Waals surface area contributed by atoms with Gasteiger partial charge in [0.05, 0.1) is 12.3 Å². The van der Waals surface area contributed by atoms with E-state index in [1.165, 1.54) is 6.92 Å². The fourth-order valence-electron chi connectivity index (χ4n) is 1.97. The van der Waals surface area contributed by atoms with Crippen LogP contribution in [0, 0.1) is 5.92 Å². The lowest BCUT2D eigenvalue weighted by Crippen LogP contribution is -2.25. The Morgan fingerprint density at radius 3 is 2.64 bits per heavy atom. The monoisotopic (exact) mass is 304 g/mol. The zero-order valence-corrected chi connectivity index (χ0v) is 13.0. The predicted octanol–water partition coefficient (Wildman–Crippen LogP) is 2.34. The maximum absolute atomic E-state index is 11.8. The Hall–Kier alpha value is -2.37. The molecule has 0 aliphatic carbocycles. The molecule has 1 aliphatic rings. The maximum atomic E-state index is 11.8. The summed E-state index contributed by atoms with van der Waals surface area (Å²) in [7, 11) is 0. The van der Waals surface area contributed by atoms with Crippen molar-refractivity contribution in [1.82, 2.24) is 0 Å². The molecule has 1 aromatic carbocycles. The molecule has 1 heterocycles. The van der Waals surface area contributed by atoms with Gasteiger partial charge in [0.2, 0.25) is 12.0 Å². The summed E-state index contributed by atoms with van der Waals surface area (Å²) in [6.45, 7) is 5.78. The molecule has 0 fully saturated rings. The number of oxime groups is 1. The highest BCUT2D eigenvalue weighted by molar-refractivity contribution is 6.04. The molecule has 1 atom stereocenters. The Balaban J connectivity index is 1.92. The van der Waals surface area contributed by atoms with E-state index in [9.17, 15) is 9.59 Å². The molecule has 1 aromatic rings. The molecule has 1 unspecified atom stereocenters. The number of rotatable bonds is 5. The van der Waals surface area contributed by atoms with Crippen molar-refractivity contribution >= 4 is 23.3 Å². The highest BCUT2D eigenvalue weighted by Gasteiger charge is 2.30. The molecule has 6 heteroatoms. The molecular formula is C16H20N2O4. The summed E-state index contributed by atoms with van der Waals surface area (Å²) in [6, 6.07) is 7.22. The third-order valence-electron chi connectivity index (χ3n) is 3.03. The average Bonchev–Trinajstić information content (AvgIpc) is 2.94. The smallest absolute Gasteiger partial charge is 0.350 e. The first-order valence-corrected chi connectivity index (χ1v) is 7.23. The number of esters is 1. The molecule has 22 heavy (non-hydrogen) atoms. The van der Waals surface area contributed by atoms with Gasteiger partial charge in [-0.15, -0.1) is 0 Å². The van der Waals surface area contributed by atoms with E-state index in [4.69, 9.17) is 9.57 Å².